The second-order valence-corrected chi connectivity index (χ2v) is 6.73. The van der Waals surface area contributed by atoms with Gasteiger partial charge in [0, 0.05) is 18.3 Å². The molecule has 2 aromatic rings. The third-order valence-corrected chi connectivity index (χ3v) is 3.70. The second kappa shape index (κ2) is 7.25. The number of benzene rings is 1. The van der Waals surface area contributed by atoms with Gasteiger partial charge >= 0.3 is 5.97 Å². The molecule has 2 rings (SSSR count). The molecule has 0 aliphatic carbocycles. The highest BCUT2D eigenvalue weighted by Crippen LogP contribution is 2.21. The highest BCUT2D eigenvalue weighted by molar-refractivity contribution is 6.02. The quantitative estimate of drug-likeness (QED) is 0.879. The molecule has 0 fully saturated rings. The molecular weight excluding hydrogens is 304 g/mol. The molecule has 2 N–H and O–H groups in total. The van der Waals surface area contributed by atoms with Crippen LogP contribution < -0.4 is 5.32 Å². The van der Waals surface area contributed by atoms with Gasteiger partial charge in [0.25, 0.3) is 5.91 Å². The van der Waals surface area contributed by atoms with E-state index in [-0.39, 0.29) is 17.7 Å². The Hall–Kier alpha value is -2.69. The lowest BCUT2D eigenvalue weighted by Crippen LogP contribution is -2.16. The highest BCUT2D eigenvalue weighted by Gasteiger charge is 2.15. The molecule has 0 aliphatic rings. The van der Waals surface area contributed by atoms with Crippen LogP contribution in [-0.4, -0.2) is 22.0 Å². The van der Waals surface area contributed by atoms with Gasteiger partial charge < -0.3 is 10.4 Å². The van der Waals surface area contributed by atoms with E-state index in [2.05, 4.69) is 31.1 Å². The van der Waals surface area contributed by atoms with E-state index < -0.39 is 5.97 Å². The Balaban J connectivity index is 2.00. The lowest BCUT2D eigenvalue weighted by molar-refractivity contribution is -0.136. The molecule has 0 atom stereocenters. The maximum Gasteiger partial charge on any atom is 0.303 e. The van der Waals surface area contributed by atoms with E-state index >= 15 is 0 Å². The molecule has 0 aliphatic heterocycles. The molecular formula is C19H22N2O3. The van der Waals surface area contributed by atoms with Crippen LogP contribution in [0.1, 0.15) is 48.8 Å². The molecule has 1 amide bonds. The van der Waals surface area contributed by atoms with Gasteiger partial charge in [-0.3, -0.25) is 14.6 Å². The Morgan fingerprint density at radius 3 is 2.25 bits per heavy atom. The van der Waals surface area contributed by atoms with Crippen LogP contribution in [0.25, 0.3) is 0 Å². The standard InChI is InChI=1S/C19H22N2O3/c1-19(2,3)14-7-10-16(20-12-14)18(24)21-15-8-4-13(5-9-15)6-11-17(22)23/h4-5,7-10,12H,6,11H2,1-3H3,(H,21,24)(H,22,23). The van der Waals surface area contributed by atoms with Gasteiger partial charge in [0.1, 0.15) is 5.69 Å². The van der Waals surface area contributed by atoms with Crippen molar-refractivity contribution in [1.29, 1.82) is 0 Å². The zero-order valence-corrected chi connectivity index (χ0v) is 14.2. The van der Waals surface area contributed by atoms with E-state index in [4.69, 9.17) is 5.11 Å². The summed E-state index contributed by atoms with van der Waals surface area (Å²) in [5.41, 5.74) is 3.00. The molecule has 0 radical (unpaired) electrons. The minimum atomic E-state index is -0.822. The SMILES string of the molecule is CC(C)(C)c1ccc(C(=O)Nc2ccc(CCC(=O)O)cc2)nc1. The summed E-state index contributed by atoms with van der Waals surface area (Å²) in [6.07, 6.45) is 2.29. The van der Waals surface area contributed by atoms with Gasteiger partial charge in [0.05, 0.1) is 0 Å². The smallest absolute Gasteiger partial charge is 0.303 e. The molecule has 126 valence electrons. The number of aliphatic carboxylic acids is 1. The van der Waals surface area contributed by atoms with Crippen molar-refractivity contribution in [3.05, 3.63) is 59.4 Å². The lowest BCUT2D eigenvalue weighted by Gasteiger charge is -2.18. The summed E-state index contributed by atoms with van der Waals surface area (Å²) >= 11 is 0. The van der Waals surface area contributed by atoms with Crippen molar-refractivity contribution >= 4 is 17.6 Å². The fraction of sp³-hybridized carbons (Fsp3) is 0.316. The van der Waals surface area contributed by atoms with E-state index in [0.29, 0.717) is 17.8 Å². The lowest BCUT2D eigenvalue weighted by atomic mass is 9.88. The van der Waals surface area contributed by atoms with Gasteiger partial charge in [0.15, 0.2) is 0 Å². The predicted molar refractivity (Wildman–Crippen MR) is 93.3 cm³/mol. The number of rotatable bonds is 5. The third-order valence-electron chi connectivity index (χ3n) is 3.70. The van der Waals surface area contributed by atoms with Crippen LogP contribution in [-0.2, 0) is 16.6 Å². The summed E-state index contributed by atoms with van der Waals surface area (Å²) in [7, 11) is 0. The number of aryl methyl sites for hydroxylation is 1. The van der Waals surface area contributed by atoms with Crippen LogP contribution in [0.2, 0.25) is 0 Å². The van der Waals surface area contributed by atoms with Crippen molar-refractivity contribution in [2.24, 2.45) is 0 Å². The van der Waals surface area contributed by atoms with E-state index in [1.54, 1.807) is 24.4 Å². The summed E-state index contributed by atoms with van der Waals surface area (Å²) in [5, 5.41) is 11.5. The molecule has 1 aromatic heterocycles. The number of amides is 1. The molecule has 1 heterocycles. The first kappa shape index (κ1) is 17.7. The van der Waals surface area contributed by atoms with Crippen LogP contribution in [0.4, 0.5) is 5.69 Å². The van der Waals surface area contributed by atoms with Crippen molar-refractivity contribution < 1.29 is 14.7 Å². The minimum absolute atomic E-state index is 0.00616. The fourth-order valence-corrected chi connectivity index (χ4v) is 2.17. The molecule has 0 saturated carbocycles. The summed E-state index contributed by atoms with van der Waals surface area (Å²) in [5.74, 6) is -1.09. The number of hydrogen-bond acceptors (Lipinski definition) is 3. The van der Waals surface area contributed by atoms with Gasteiger partial charge in [-0.2, -0.15) is 0 Å². The first-order valence-electron chi connectivity index (χ1n) is 7.84. The molecule has 0 spiro atoms. The largest absolute Gasteiger partial charge is 0.481 e. The molecule has 5 heteroatoms. The zero-order valence-electron chi connectivity index (χ0n) is 14.2. The Morgan fingerprint density at radius 1 is 1.08 bits per heavy atom. The van der Waals surface area contributed by atoms with E-state index in [9.17, 15) is 9.59 Å². The van der Waals surface area contributed by atoms with Gasteiger partial charge in [-0.1, -0.05) is 39.0 Å². The van der Waals surface area contributed by atoms with Crippen LogP contribution in [0.5, 0.6) is 0 Å². The number of aromatic nitrogens is 1. The first-order valence-corrected chi connectivity index (χ1v) is 7.84. The average Bonchev–Trinajstić information content (AvgIpc) is 2.53. The van der Waals surface area contributed by atoms with Crippen molar-refractivity contribution in [2.75, 3.05) is 5.32 Å². The number of carboxylic acids is 1. The Morgan fingerprint density at radius 2 is 1.75 bits per heavy atom. The Bertz CT molecular complexity index is 714. The molecule has 0 saturated heterocycles. The zero-order chi connectivity index (χ0) is 17.7. The van der Waals surface area contributed by atoms with E-state index in [1.807, 2.05) is 18.2 Å². The van der Waals surface area contributed by atoms with Gasteiger partial charge in [0.2, 0.25) is 0 Å². The Kier molecular flexibility index (Phi) is 5.34. The van der Waals surface area contributed by atoms with Gasteiger partial charge in [-0.05, 0) is 41.2 Å². The highest BCUT2D eigenvalue weighted by atomic mass is 16.4. The molecule has 0 unspecified atom stereocenters. The van der Waals surface area contributed by atoms with Crippen LogP contribution in [0.15, 0.2) is 42.6 Å². The number of hydrogen-bond donors (Lipinski definition) is 2. The van der Waals surface area contributed by atoms with E-state index in [1.165, 1.54) is 0 Å². The summed E-state index contributed by atoms with van der Waals surface area (Å²) < 4.78 is 0. The maximum atomic E-state index is 12.2. The summed E-state index contributed by atoms with van der Waals surface area (Å²) in [6, 6.07) is 10.8. The first-order chi connectivity index (χ1) is 11.3. The van der Waals surface area contributed by atoms with Crippen molar-refractivity contribution in [3.63, 3.8) is 0 Å². The fourth-order valence-electron chi connectivity index (χ4n) is 2.17. The van der Waals surface area contributed by atoms with Gasteiger partial charge in [-0.15, -0.1) is 0 Å². The number of anilines is 1. The summed E-state index contributed by atoms with van der Waals surface area (Å²) in [6.45, 7) is 6.28. The molecule has 5 nitrogen and oxygen atoms in total. The molecule has 1 aromatic carbocycles. The predicted octanol–water partition coefficient (Wildman–Crippen LogP) is 3.65. The monoisotopic (exact) mass is 326 g/mol. The second-order valence-electron chi connectivity index (χ2n) is 6.73. The number of nitrogens with one attached hydrogen (secondary N) is 1. The average molecular weight is 326 g/mol. The topological polar surface area (TPSA) is 79.3 Å². The normalized spacial score (nSPS) is 11.1. The van der Waals surface area contributed by atoms with Crippen LogP contribution >= 0.6 is 0 Å². The number of carbonyl (C=O) groups excluding carboxylic acids is 1. The number of carboxylic acid groups (broad SMARTS) is 1. The van der Waals surface area contributed by atoms with Crippen LogP contribution in [0.3, 0.4) is 0 Å². The minimum Gasteiger partial charge on any atom is -0.481 e. The molecule has 24 heavy (non-hydrogen) atoms. The summed E-state index contributed by atoms with van der Waals surface area (Å²) in [4.78, 5) is 27.0. The molecule has 0 bridgehead atoms. The Labute approximate surface area is 141 Å². The van der Waals surface area contributed by atoms with Crippen molar-refractivity contribution in [2.45, 2.75) is 39.0 Å². The third kappa shape index (κ3) is 4.91. The number of carbonyl (C=O) groups is 2. The van der Waals surface area contributed by atoms with E-state index in [0.717, 1.165) is 11.1 Å². The van der Waals surface area contributed by atoms with Crippen LogP contribution in [0, 0.1) is 0 Å². The van der Waals surface area contributed by atoms with Gasteiger partial charge in [-0.25, -0.2) is 0 Å². The van der Waals surface area contributed by atoms with Crippen molar-refractivity contribution in [1.82, 2.24) is 4.98 Å². The number of pyridine rings is 1. The van der Waals surface area contributed by atoms with Crippen molar-refractivity contribution in [3.8, 4) is 0 Å². The maximum absolute atomic E-state index is 12.2. The number of nitrogens with zero attached hydrogens (tertiary/aromatic N) is 1.